The second-order valence-corrected chi connectivity index (χ2v) is 10.4. The van der Waals surface area contributed by atoms with Crippen molar-refractivity contribution in [1.82, 2.24) is 5.32 Å². The summed E-state index contributed by atoms with van der Waals surface area (Å²) in [6.07, 6.45) is 1.84. The van der Waals surface area contributed by atoms with Gasteiger partial charge in [-0.25, -0.2) is 4.99 Å². The van der Waals surface area contributed by atoms with Crippen molar-refractivity contribution in [2.24, 2.45) is 4.99 Å². The summed E-state index contributed by atoms with van der Waals surface area (Å²) >= 11 is 10.9. The number of halogens is 2. The van der Waals surface area contributed by atoms with E-state index in [4.69, 9.17) is 16.3 Å². The van der Waals surface area contributed by atoms with Crippen LogP contribution in [0.4, 0.5) is 5.69 Å². The van der Waals surface area contributed by atoms with Crippen molar-refractivity contribution >= 4 is 72.9 Å². The first-order chi connectivity index (χ1) is 17.0. The third-order valence-corrected chi connectivity index (χ3v) is 7.31. The van der Waals surface area contributed by atoms with Crippen LogP contribution in [0.2, 0.25) is 5.02 Å². The van der Waals surface area contributed by atoms with Crippen molar-refractivity contribution in [3.05, 3.63) is 110 Å². The van der Waals surface area contributed by atoms with Gasteiger partial charge in [-0.1, -0.05) is 60.1 Å². The van der Waals surface area contributed by atoms with Crippen LogP contribution in [0.5, 0.6) is 5.75 Å². The fourth-order valence-electron chi connectivity index (χ4n) is 3.78. The third-order valence-electron chi connectivity index (χ3n) is 5.55. The number of aliphatic imine (C=N–C) groups is 1. The molecule has 0 bridgehead atoms. The first-order valence-electron chi connectivity index (χ1n) is 10.9. The molecular weight excluding hydrogens is 544 g/mol. The van der Waals surface area contributed by atoms with E-state index >= 15 is 0 Å². The minimum atomic E-state index is -0.173. The Labute approximate surface area is 221 Å². The second kappa shape index (κ2) is 10.3. The van der Waals surface area contributed by atoms with Crippen molar-refractivity contribution in [3.63, 3.8) is 0 Å². The van der Waals surface area contributed by atoms with E-state index in [0.29, 0.717) is 21.7 Å². The molecule has 0 atom stereocenters. The molecule has 1 heterocycles. The van der Waals surface area contributed by atoms with Crippen molar-refractivity contribution in [2.45, 2.75) is 13.5 Å². The van der Waals surface area contributed by atoms with Crippen LogP contribution >= 0.6 is 39.3 Å². The third kappa shape index (κ3) is 5.45. The Morgan fingerprint density at radius 1 is 1.06 bits per heavy atom. The summed E-state index contributed by atoms with van der Waals surface area (Å²) in [5, 5.41) is 6.40. The summed E-state index contributed by atoms with van der Waals surface area (Å²) in [5.74, 6) is 0.567. The maximum absolute atomic E-state index is 12.5. The predicted molar refractivity (Wildman–Crippen MR) is 149 cm³/mol. The Morgan fingerprint density at radius 2 is 1.89 bits per heavy atom. The number of nitrogens with zero attached hydrogens (tertiary/aromatic N) is 1. The van der Waals surface area contributed by atoms with Crippen LogP contribution in [0, 0.1) is 6.92 Å². The molecule has 4 aromatic rings. The van der Waals surface area contributed by atoms with Gasteiger partial charge in [-0.3, -0.25) is 4.79 Å². The van der Waals surface area contributed by atoms with E-state index in [1.807, 2.05) is 61.5 Å². The molecule has 0 saturated carbocycles. The quantitative estimate of drug-likeness (QED) is 0.250. The van der Waals surface area contributed by atoms with Gasteiger partial charge in [0.25, 0.3) is 5.91 Å². The number of carbonyl (C=O) groups is 1. The summed E-state index contributed by atoms with van der Waals surface area (Å²) < 4.78 is 6.92. The molecule has 35 heavy (non-hydrogen) atoms. The van der Waals surface area contributed by atoms with Gasteiger partial charge >= 0.3 is 0 Å². The Kier molecular flexibility index (Phi) is 6.95. The monoisotopic (exact) mass is 562 g/mol. The van der Waals surface area contributed by atoms with E-state index in [2.05, 4.69) is 50.5 Å². The average Bonchev–Trinajstić information content (AvgIpc) is 3.18. The zero-order chi connectivity index (χ0) is 24.4. The first kappa shape index (κ1) is 23.7. The number of aryl methyl sites for hydroxylation is 1. The van der Waals surface area contributed by atoms with Crippen LogP contribution in [-0.2, 0) is 11.4 Å². The standard InChI is InChI=1S/C28H20BrClN2O2S/c1-17-13-21(30)10-11-24(17)31-28-32-27(33)26(35-28)15-18-9-12-25(23(29)14-18)34-16-20-7-4-6-19-5-2-3-8-22(19)20/h2-15H,16H2,1H3,(H,31,32,33)/b26-15-. The number of hydrogen-bond acceptors (Lipinski definition) is 4. The van der Waals surface area contributed by atoms with Gasteiger partial charge in [-0.2, -0.15) is 0 Å². The highest BCUT2D eigenvalue weighted by Crippen LogP contribution is 2.32. The molecule has 1 aliphatic rings. The normalized spacial score (nSPS) is 15.7. The minimum absolute atomic E-state index is 0.173. The molecule has 0 aromatic heterocycles. The van der Waals surface area contributed by atoms with Crippen molar-refractivity contribution in [2.75, 3.05) is 0 Å². The van der Waals surface area contributed by atoms with Gasteiger partial charge in [0.05, 0.1) is 15.1 Å². The number of amides is 1. The lowest BCUT2D eigenvalue weighted by Gasteiger charge is -2.11. The van der Waals surface area contributed by atoms with E-state index in [1.165, 1.54) is 22.5 Å². The zero-order valence-electron chi connectivity index (χ0n) is 18.7. The number of hydrogen-bond donors (Lipinski definition) is 1. The fraction of sp³-hybridized carbons (Fsp3) is 0.0714. The summed E-state index contributed by atoms with van der Waals surface area (Å²) in [6.45, 7) is 2.40. The van der Waals surface area contributed by atoms with Gasteiger partial charge in [0.15, 0.2) is 5.17 Å². The largest absolute Gasteiger partial charge is 0.488 e. The molecule has 0 unspecified atom stereocenters. The number of fused-ring (bicyclic) bond motifs is 1. The van der Waals surface area contributed by atoms with Crippen molar-refractivity contribution in [3.8, 4) is 5.75 Å². The summed E-state index contributed by atoms with van der Waals surface area (Å²) in [4.78, 5) is 17.6. The molecule has 174 valence electrons. The molecule has 4 aromatic carbocycles. The van der Waals surface area contributed by atoms with Gasteiger partial charge < -0.3 is 10.1 Å². The Bertz CT molecular complexity index is 1510. The van der Waals surface area contributed by atoms with Crippen LogP contribution in [0.15, 0.2) is 93.2 Å². The highest BCUT2D eigenvalue weighted by atomic mass is 79.9. The number of carbonyl (C=O) groups excluding carboxylic acids is 1. The van der Waals surface area contributed by atoms with E-state index in [1.54, 1.807) is 6.07 Å². The SMILES string of the molecule is Cc1cc(Cl)ccc1N=C1NC(=O)/C(=C/c2ccc(OCc3cccc4ccccc34)c(Br)c2)S1. The number of ether oxygens (including phenoxy) is 1. The van der Waals surface area contributed by atoms with Crippen LogP contribution in [0.1, 0.15) is 16.7 Å². The lowest BCUT2D eigenvalue weighted by molar-refractivity contribution is -0.115. The average molecular weight is 564 g/mol. The Morgan fingerprint density at radius 3 is 2.71 bits per heavy atom. The molecule has 5 rings (SSSR count). The molecule has 0 radical (unpaired) electrons. The van der Waals surface area contributed by atoms with E-state index in [0.717, 1.165) is 32.6 Å². The second-order valence-electron chi connectivity index (χ2n) is 8.03. The molecule has 1 amide bonds. The van der Waals surface area contributed by atoms with Crippen LogP contribution < -0.4 is 10.1 Å². The van der Waals surface area contributed by atoms with Crippen molar-refractivity contribution < 1.29 is 9.53 Å². The summed E-state index contributed by atoms with van der Waals surface area (Å²) in [7, 11) is 0. The maximum Gasteiger partial charge on any atom is 0.264 e. The minimum Gasteiger partial charge on any atom is -0.488 e. The number of amidine groups is 1. The molecule has 0 aliphatic carbocycles. The molecule has 1 fully saturated rings. The van der Waals surface area contributed by atoms with E-state index in [-0.39, 0.29) is 5.91 Å². The van der Waals surface area contributed by atoms with Crippen LogP contribution in [0.3, 0.4) is 0 Å². The Hall–Kier alpha value is -3.06. The van der Waals surface area contributed by atoms with Gasteiger partial charge in [0, 0.05) is 5.02 Å². The lowest BCUT2D eigenvalue weighted by atomic mass is 10.1. The molecule has 1 N–H and O–H groups in total. The number of nitrogens with one attached hydrogen (secondary N) is 1. The smallest absolute Gasteiger partial charge is 0.264 e. The molecular formula is C28H20BrClN2O2S. The summed E-state index contributed by atoms with van der Waals surface area (Å²) in [6, 6.07) is 25.8. The molecule has 1 saturated heterocycles. The predicted octanol–water partition coefficient (Wildman–Crippen LogP) is 8.03. The number of rotatable bonds is 5. The molecule has 4 nitrogen and oxygen atoms in total. The number of thioether (sulfide) groups is 1. The van der Waals surface area contributed by atoms with Crippen molar-refractivity contribution in [1.29, 1.82) is 0 Å². The highest BCUT2D eigenvalue weighted by Gasteiger charge is 2.24. The van der Waals surface area contributed by atoms with Gasteiger partial charge in [-0.05, 0) is 98.5 Å². The lowest BCUT2D eigenvalue weighted by Crippen LogP contribution is -2.19. The van der Waals surface area contributed by atoms with E-state index in [9.17, 15) is 4.79 Å². The van der Waals surface area contributed by atoms with Gasteiger partial charge in [0.1, 0.15) is 12.4 Å². The van der Waals surface area contributed by atoms with Crippen LogP contribution in [0.25, 0.3) is 16.8 Å². The zero-order valence-corrected chi connectivity index (χ0v) is 21.9. The molecule has 0 spiro atoms. The summed E-state index contributed by atoms with van der Waals surface area (Å²) in [5.41, 5.74) is 3.73. The van der Waals surface area contributed by atoms with E-state index < -0.39 is 0 Å². The molecule has 1 aliphatic heterocycles. The molecule has 7 heteroatoms. The number of benzene rings is 4. The fourth-order valence-corrected chi connectivity index (χ4v) is 5.36. The van der Waals surface area contributed by atoms with Gasteiger partial charge in [-0.15, -0.1) is 0 Å². The Balaban J connectivity index is 1.30. The van der Waals surface area contributed by atoms with Gasteiger partial charge in [0.2, 0.25) is 0 Å². The van der Waals surface area contributed by atoms with Crippen LogP contribution in [-0.4, -0.2) is 11.1 Å². The topological polar surface area (TPSA) is 50.7 Å². The first-order valence-corrected chi connectivity index (χ1v) is 12.9. The maximum atomic E-state index is 12.5. The highest BCUT2D eigenvalue weighted by molar-refractivity contribution is 9.10.